The molecule has 0 atom stereocenters. The first kappa shape index (κ1) is 21.1. The van der Waals surface area contributed by atoms with Crippen molar-refractivity contribution in [2.75, 3.05) is 25.0 Å². The molecule has 2 aliphatic rings. The van der Waals surface area contributed by atoms with Crippen LogP contribution in [0.2, 0.25) is 0 Å². The van der Waals surface area contributed by atoms with Crippen LogP contribution in [0.4, 0.5) is 9.52 Å². The highest BCUT2D eigenvalue weighted by atomic mass is 32.1. The number of halogens is 1. The molecule has 1 aliphatic heterocycles. The molecular formula is C25H26FN3O2S. The van der Waals surface area contributed by atoms with Crippen LogP contribution in [0.1, 0.15) is 30.4 Å². The van der Waals surface area contributed by atoms with E-state index in [-0.39, 0.29) is 17.8 Å². The summed E-state index contributed by atoms with van der Waals surface area (Å²) < 4.78 is 20.2. The Morgan fingerprint density at radius 2 is 1.91 bits per heavy atom. The molecule has 3 aromatic rings. The number of carbonyl (C=O) groups excluding carboxylic acids is 1. The van der Waals surface area contributed by atoms with Crippen LogP contribution in [0, 0.1) is 5.82 Å². The monoisotopic (exact) mass is 451 g/mol. The largest absolute Gasteiger partial charge is 0.490 e. The standard InChI is InChI=1S/C25H26FN3O2S/c26-21-9-10-23(20-8-4-7-19(20)21)31-18-11-13-29(14-12-18)15-24(30)28-25-27-22(16-32-25)17-5-2-1-3-6-17/h1-3,5-6,9-10,16,18H,4,7-8,11-15H2,(H,27,28,30). The zero-order valence-electron chi connectivity index (χ0n) is 17.9. The number of amides is 1. The first-order chi connectivity index (χ1) is 15.7. The maximum atomic E-state index is 14.0. The number of rotatable bonds is 6. The molecule has 7 heteroatoms. The second-order valence-corrected chi connectivity index (χ2v) is 9.26. The maximum absolute atomic E-state index is 14.0. The molecule has 0 spiro atoms. The summed E-state index contributed by atoms with van der Waals surface area (Å²) in [5, 5.41) is 5.50. The van der Waals surface area contributed by atoms with Gasteiger partial charge in [-0.1, -0.05) is 30.3 Å². The van der Waals surface area contributed by atoms with Gasteiger partial charge >= 0.3 is 0 Å². The quantitative estimate of drug-likeness (QED) is 0.578. The van der Waals surface area contributed by atoms with Crippen LogP contribution >= 0.6 is 11.3 Å². The van der Waals surface area contributed by atoms with Gasteiger partial charge in [0.1, 0.15) is 17.7 Å². The lowest BCUT2D eigenvalue weighted by Gasteiger charge is -2.32. The fraction of sp³-hybridized carbons (Fsp3) is 0.360. The molecule has 32 heavy (non-hydrogen) atoms. The van der Waals surface area contributed by atoms with Crippen LogP contribution in [0.3, 0.4) is 0 Å². The number of piperidine rings is 1. The minimum Gasteiger partial charge on any atom is -0.490 e. The number of fused-ring (bicyclic) bond motifs is 1. The molecule has 166 valence electrons. The summed E-state index contributed by atoms with van der Waals surface area (Å²) in [6, 6.07) is 13.2. The molecule has 1 fully saturated rings. The zero-order valence-corrected chi connectivity index (χ0v) is 18.7. The first-order valence-electron chi connectivity index (χ1n) is 11.2. The number of likely N-dealkylation sites (tertiary alicyclic amines) is 1. The highest BCUT2D eigenvalue weighted by Crippen LogP contribution is 2.34. The van der Waals surface area contributed by atoms with Gasteiger partial charge in [-0.25, -0.2) is 9.37 Å². The van der Waals surface area contributed by atoms with Crippen LogP contribution in [-0.2, 0) is 17.6 Å². The Morgan fingerprint density at radius 3 is 2.72 bits per heavy atom. The molecular weight excluding hydrogens is 425 g/mol. The van der Waals surface area contributed by atoms with Crippen LogP contribution < -0.4 is 10.1 Å². The molecule has 1 aliphatic carbocycles. The summed E-state index contributed by atoms with van der Waals surface area (Å²) in [5.74, 6) is 0.685. The van der Waals surface area contributed by atoms with Gasteiger partial charge in [-0.05, 0) is 49.8 Å². The normalized spacial score (nSPS) is 16.7. The van der Waals surface area contributed by atoms with E-state index in [4.69, 9.17) is 4.74 Å². The van der Waals surface area contributed by atoms with Gasteiger partial charge in [0.15, 0.2) is 5.13 Å². The van der Waals surface area contributed by atoms with Gasteiger partial charge in [-0.3, -0.25) is 9.69 Å². The molecule has 0 saturated carbocycles. The molecule has 1 N–H and O–H groups in total. The summed E-state index contributed by atoms with van der Waals surface area (Å²) in [7, 11) is 0. The molecule has 1 saturated heterocycles. The molecule has 1 aromatic heterocycles. The van der Waals surface area contributed by atoms with Crippen LogP contribution in [0.5, 0.6) is 5.75 Å². The molecule has 0 radical (unpaired) electrons. The Bertz CT molecular complexity index is 1090. The van der Waals surface area contributed by atoms with Crippen molar-refractivity contribution in [2.24, 2.45) is 0 Å². The van der Waals surface area contributed by atoms with Gasteiger partial charge in [-0.15, -0.1) is 11.3 Å². The Labute approximate surface area is 191 Å². The summed E-state index contributed by atoms with van der Waals surface area (Å²) in [6.07, 6.45) is 4.51. The van der Waals surface area contributed by atoms with Crippen molar-refractivity contribution < 1.29 is 13.9 Å². The summed E-state index contributed by atoms with van der Waals surface area (Å²) >= 11 is 1.44. The number of anilines is 1. The first-order valence-corrected chi connectivity index (χ1v) is 12.0. The Hall–Kier alpha value is -2.77. The molecule has 5 rings (SSSR count). The predicted molar refractivity (Wildman–Crippen MR) is 125 cm³/mol. The van der Waals surface area contributed by atoms with E-state index in [1.807, 2.05) is 35.7 Å². The van der Waals surface area contributed by atoms with E-state index >= 15 is 0 Å². The zero-order chi connectivity index (χ0) is 21.9. The third-order valence-electron chi connectivity index (χ3n) is 6.20. The molecule has 2 aromatic carbocycles. The number of ether oxygens (including phenoxy) is 1. The van der Waals surface area contributed by atoms with E-state index in [1.54, 1.807) is 6.07 Å². The average Bonchev–Trinajstić information content (AvgIpc) is 3.48. The van der Waals surface area contributed by atoms with Crippen molar-refractivity contribution in [3.05, 3.63) is 64.8 Å². The SMILES string of the molecule is O=C(CN1CCC(Oc2ccc(F)c3c2CCC3)CC1)Nc1nc(-c2ccccc2)cs1. The van der Waals surface area contributed by atoms with Crippen molar-refractivity contribution >= 4 is 22.4 Å². The van der Waals surface area contributed by atoms with Gasteiger partial charge in [0.05, 0.1) is 12.2 Å². The van der Waals surface area contributed by atoms with Gasteiger partial charge in [0, 0.05) is 29.6 Å². The number of hydrogen-bond acceptors (Lipinski definition) is 5. The molecule has 5 nitrogen and oxygen atoms in total. The lowest BCUT2D eigenvalue weighted by molar-refractivity contribution is -0.117. The molecule has 2 heterocycles. The highest BCUT2D eigenvalue weighted by Gasteiger charge is 2.25. The van der Waals surface area contributed by atoms with E-state index in [2.05, 4.69) is 15.2 Å². The van der Waals surface area contributed by atoms with Crippen LogP contribution in [-0.4, -0.2) is 41.5 Å². The second kappa shape index (κ2) is 9.38. The number of carbonyl (C=O) groups is 1. The average molecular weight is 452 g/mol. The lowest BCUT2D eigenvalue weighted by Crippen LogP contribution is -2.42. The smallest absolute Gasteiger partial charge is 0.240 e. The number of aromatic nitrogens is 1. The van der Waals surface area contributed by atoms with E-state index in [9.17, 15) is 9.18 Å². The summed E-state index contributed by atoms with van der Waals surface area (Å²) in [6.45, 7) is 1.95. The van der Waals surface area contributed by atoms with Gasteiger partial charge in [0.25, 0.3) is 0 Å². The number of hydrogen-bond donors (Lipinski definition) is 1. The van der Waals surface area contributed by atoms with Crippen LogP contribution in [0.15, 0.2) is 47.8 Å². The topological polar surface area (TPSA) is 54.5 Å². The van der Waals surface area contributed by atoms with Crippen LogP contribution in [0.25, 0.3) is 11.3 Å². The molecule has 0 bridgehead atoms. The van der Waals surface area contributed by atoms with Crippen molar-refractivity contribution in [1.82, 2.24) is 9.88 Å². The third kappa shape index (κ3) is 4.69. The fourth-order valence-electron chi connectivity index (χ4n) is 4.54. The maximum Gasteiger partial charge on any atom is 0.240 e. The van der Waals surface area contributed by atoms with Crippen molar-refractivity contribution in [1.29, 1.82) is 0 Å². The van der Waals surface area contributed by atoms with Crippen molar-refractivity contribution in [3.63, 3.8) is 0 Å². The third-order valence-corrected chi connectivity index (χ3v) is 6.96. The Balaban J connectivity index is 1.11. The molecule has 0 unspecified atom stereocenters. The number of nitrogens with one attached hydrogen (secondary N) is 1. The Morgan fingerprint density at radius 1 is 1.12 bits per heavy atom. The number of thiazole rings is 1. The van der Waals surface area contributed by atoms with E-state index in [0.29, 0.717) is 11.7 Å². The number of nitrogens with zero attached hydrogens (tertiary/aromatic N) is 2. The predicted octanol–water partition coefficient (Wildman–Crippen LogP) is 4.92. The Kier molecular flexibility index (Phi) is 6.19. The highest BCUT2D eigenvalue weighted by molar-refractivity contribution is 7.14. The van der Waals surface area contributed by atoms with E-state index in [1.165, 1.54) is 17.4 Å². The van der Waals surface area contributed by atoms with E-state index in [0.717, 1.165) is 73.3 Å². The fourth-order valence-corrected chi connectivity index (χ4v) is 5.27. The lowest BCUT2D eigenvalue weighted by atomic mass is 10.1. The minimum absolute atomic E-state index is 0.0466. The van der Waals surface area contributed by atoms with Gasteiger partial charge in [0.2, 0.25) is 5.91 Å². The van der Waals surface area contributed by atoms with Gasteiger partial charge in [-0.2, -0.15) is 0 Å². The minimum atomic E-state index is -0.109. The number of benzene rings is 2. The van der Waals surface area contributed by atoms with E-state index < -0.39 is 0 Å². The summed E-state index contributed by atoms with van der Waals surface area (Å²) in [4.78, 5) is 19.2. The van der Waals surface area contributed by atoms with Crippen molar-refractivity contribution in [3.8, 4) is 17.0 Å². The second-order valence-electron chi connectivity index (χ2n) is 8.40. The van der Waals surface area contributed by atoms with Crippen molar-refractivity contribution in [2.45, 2.75) is 38.2 Å². The molecule has 1 amide bonds. The van der Waals surface area contributed by atoms with Gasteiger partial charge < -0.3 is 10.1 Å². The summed E-state index contributed by atoms with van der Waals surface area (Å²) in [5.41, 5.74) is 3.79.